The van der Waals surface area contributed by atoms with E-state index in [2.05, 4.69) is 10.0 Å². The largest absolute Gasteiger partial charge is 0.497 e. The quantitative estimate of drug-likeness (QED) is 0.889. The van der Waals surface area contributed by atoms with Gasteiger partial charge >= 0.3 is 0 Å². The second kappa shape index (κ2) is 5.83. The molecule has 0 saturated heterocycles. The Hall–Kier alpha value is -2.21. The van der Waals surface area contributed by atoms with Gasteiger partial charge in [-0.3, -0.25) is 4.72 Å². The predicted octanol–water partition coefficient (Wildman–Crippen LogP) is 2.81. The fraction of sp³-hybridized carbons (Fsp3) is 0.143. The van der Waals surface area contributed by atoms with Gasteiger partial charge in [-0.15, -0.1) is 0 Å². The maximum Gasteiger partial charge on any atom is 0.229 e. The zero-order valence-electron chi connectivity index (χ0n) is 11.3. The highest BCUT2D eigenvalue weighted by Gasteiger charge is 2.02. The molecule has 0 aliphatic rings. The molecule has 0 fully saturated rings. The minimum Gasteiger partial charge on any atom is -0.497 e. The van der Waals surface area contributed by atoms with Gasteiger partial charge in [0.2, 0.25) is 10.0 Å². The summed E-state index contributed by atoms with van der Waals surface area (Å²) in [6, 6.07) is 14.5. The van der Waals surface area contributed by atoms with Gasteiger partial charge in [-0.2, -0.15) is 0 Å². The fourth-order valence-corrected chi connectivity index (χ4v) is 2.27. The van der Waals surface area contributed by atoms with Gasteiger partial charge in [0.1, 0.15) is 5.75 Å². The molecule has 2 aromatic carbocycles. The first-order valence-electron chi connectivity index (χ1n) is 5.95. The molecule has 0 saturated carbocycles. The number of anilines is 3. The average Bonchev–Trinajstić information content (AvgIpc) is 2.40. The van der Waals surface area contributed by atoms with E-state index in [4.69, 9.17) is 4.74 Å². The average molecular weight is 292 g/mol. The van der Waals surface area contributed by atoms with E-state index in [0.717, 1.165) is 23.4 Å². The van der Waals surface area contributed by atoms with Crippen LogP contribution in [0, 0.1) is 0 Å². The van der Waals surface area contributed by atoms with Crippen LogP contribution < -0.4 is 14.8 Å². The molecule has 0 amide bonds. The lowest BCUT2D eigenvalue weighted by Crippen LogP contribution is -2.09. The Labute approximate surface area is 118 Å². The highest BCUT2D eigenvalue weighted by atomic mass is 32.2. The zero-order valence-corrected chi connectivity index (χ0v) is 12.1. The summed E-state index contributed by atoms with van der Waals surface area (Å²) in [4.78, 5) is 0. The summed E-state index contributed by atoms with van der Waals surface area (Å²) >= 11 is 0. The van der Waals surface area contributed by atoms with Gasteiger partial charge in [0.05, 0.1) is 13.4 Å². The zero-order chi connectivity index (χ0) is 14.6. The summed E-state index contributed by atoms with van der Waals surface area (Å²) < 4.78 is 29.8. The van der Waals surface area contributed by atoms with Crippen LogP contribution in [-0.4, -0.2) is 21.8 Å². The Kier molecular flexibility index (Phi) is 4.14. The van der Waals surface area contributed by atoms with Crippen molar-refractivity contribution >= 4 is 27.1 Å². The van der Waals surface area contributed by atoms with Gasteiger partial charge in [-0.25, -0.2) is 8.42 Å². The number of hydrogen-bond acceptors (Lipinski definition) is 4. The monoisotopic (exact) mass is 292 g/mol. The Morgan fingerprint density at radius 2 is 1.60 bits per heavy atom. The van der Waals surface area contributed by atoms with Gasteiger partial charge in [0.25, 0.3) is 0 Å². The van der Waals surface area contributed by atoms with Crippen molar-refractivity contribution < 1.29 is 13.2 Å². The molecular weight excluding hydrogens is 276 g/mol. The number of benzene rings is 2. The summed E-state index contributed by atoms with van der Waals surface area (Å²) in [7, 11) is -1.63. The van der Waals surface area contributed by atoms with Crippen molar-refractivity contribution in [3.05, 3.63) is 48.5 Å². The van der Waals surface area contributed by atoms with Crippen LogP contribution in [0.4, 0.5) is 17.1 Å². The molecule has 106 valence electrons. The van der Waals surface area contributed by atoms with Crippen LogP contribution in [0.5, 0.6) is 5.75 Å². The van der Waals surface area contributed by atoms with Crippen molar-refractivity contribution in [2.45, 2.75) is 0 Å². The van der Waals surface area contributed by atoms with Crippen molar-refractivity contribution in [1.82, 2.24) is 0 Å². The Morgan fingerprint density at radius 3 is 2.20 bits per heavy atom. The van der Waals surface area contributed by atoms with Crippen LogP contribution in [0.3, 0.4) is 0 Å². The number of sulfonamides is 1. The molecule has 0 heterocycles. The Balaban J connectivity index is 2.10. The minimum absolute atomic E-state index is 0.531. The summed E-state index contributed by atoms with van der Waals surface area (Å²) in [5, 5.41) is 3.21. The molecule has 6 heteroatoms. The second-order valence-electron chi connectivity index (χ2n) is 4.31. The molecule has 2 aromatic rings. The van der Waals surface area contributed by atoms with Crippen LogP contribution in [0.1, 0.15) is 0 Å². The van der Waals surface area contributed by atoms with Gasteiger partial charge in [-0.1, -0.05) is 6.07 Å². The van der Waals surface area contributed by atoms with Crippen molar-refractivity contribution in [3.8, 4) is 5.75 Å². The van der Waals surface area contributed by atoms with E-state index in [-0.39, 0.29) is 0 Å². The normalized spacial score (nSPS) is 10.9. The maximum absolute atomic E-state index is 11.1. The van der Waals surface area contributed by atoms with Gasteiger partial charge in [0, 0.05) is 23.1 Å². The minimum atomic E-state index is -3.24. The molecule has 0 bridgehead atoms. The summed E-state index contributed by atoms with van der Waals surface area (Å²) in [6.07, 6.45) is 1.12. The Bertz CT molecular complexity index is 682. The summed E-state index contributed by atoms with van der Waals surface area (Å²) in [5.41, 5.74) is 2.29. The number of ether oxygens (including phenoxy) is 1. The van der Waals surface area contributed by atoms with Crippen molar-refractivity contribution in [3.63, 3.8) is 0 Å². The molecule has 0 aliphatic carbocycles. The smallest absolute Gasteiger partial charge is 0.229 e. The molecule has 20 heavy (non-hydrogen) atoms. The Morgan fingerprint density at radius 1 is 0.950 bits per heavy atom. The van der Waals surface area contributed by atoms with E-state index in [1.165, 1.54) is 0 Å². The van der Waals surface area contributed by atoms with Gasteiger partial charge < -0.3 is 10.1 Å². The van der Waals surface area contributed by atoms with Crippen LogP contribution in [0.15, 0.2) is 48.5 Å². The van der Waals surface area contributed by atoms with E-state index in [0.29, 0.717) is 5.69 Å². The van der Waals surface area contributed by atoms with Crippen LogP contribution in [0.25, 0.3) is 0 Å². The number of hydrogen-bond donors (Lipinski definition) is 2. The molecule has 2 rings (SSSR count). The topological polar surface area (TPSA) is 67.4 Å². The SMILES string of the molecule is COc1cccc(Nc2ccc(NS(C)(=O)=O)cc2)c1. The molecule has 0 aromatic heterocycles. The highest BCUT2D eigenvalue weighted by Crippen LogP contribution is 2.22. The third-order valence-electron chi connectivity index (χ3n) is 2.55. The van der Waals surface area contributed by atoms with E-state index in [1.54, 1.807) is 31.4 Å². The highest BCUT2D eigenvalue weighted by molar-refractivity contribution is 7.92. The lowest BCUT2D eigenvalue weighted by atomic mass is 10.2. The maximum atomic E-state index is 11.1. The molecular formula is C14H16N2O3S. The second-order valence-corrected chi connectivity index (χ2v) is 6.06. The fourth-order valence-electron chi connectivity index (χ4n) is 1.70. The van der Waals surface area contributed by atoms with Crippen molar-refractivity contribution in [2.24, 2.45) is 0 Å². The standard InChI is InChI=1S/C14H16N2O3S/c1-19-14-5-3-4-13(10-14)15-11-6-8-12(9-7-11)16-20(2,17)18/h3-10,15-16H,1-2H3. The summed E-state index contributed by atoms with van der Waals surface area (Å²) in [5.74, 6) is 0.769. The third-order valence-corrected chi connectivity index (χ3v) is 3.15. The van der Waals surface area contributed by atoms with Crippen molar-refractivity contribution in [1.29, 1.82) is 0 Å². The number of methoxy groups -OCH3 is 1. The third kappa shape index (κ3) is 4.17. The van der Waals surface area contributed by atoms with E-state index in [1.807, 2.05) is 24.3 Å². The van der Waals surface area contributed by atoms with Crippen LogP contribution in [-0.2, 0) is 10.0 Å². The molecule has 0 spiro atoms. The first-order valence-corrected chi connectivity index (χ1v) is 7.84. The predicted molar refractivity (Wildman–Crippen MR) is 81.2 cm³/mol. The lowest BCUT2D eigenvalue weighted by Gasteiger charge is -2.09. The van der Waals surface area contributed by atoms with Crippen molar-refractivity contribution in [2.75, 3.05) is 23.4 Å². The molecule has 0 radical (unpaired) electrons. The van der Waals surface area contributed by atoms with Crippen LogP contribution >= 0.6 is 0 Å². The lowest BCUT2D eigenvalue weighted by molar-refractivity contribution is 0.415. The molecule has 0 atom stereocenters. The molecule has 0 unspecified atom stereocenters. The molecule has 2 N–H and O–H groups in total. The number of rotatable bonds is 5. The summed E-state index contributed by atoms with van der Waals surface area (Å²) in [6.45, 7) is 0. The molecule has 5 nitrogen and oxygen atoms in total. The van der Waals surface area contributed by atoms with Crippen LogP contribution in [0.2, 0.25) is 0 Å². The number of nitrogens with one attached hydrogen (secondary N) is 2. The van der Waals surface area contributed by atoms with E-state index >= 15 is 0 Å². The molecule has 0 aliphatic heterocycles. The van der Waals surface area contributed by atoms with E-state index in [9.17, 15) is 8.42 Å². The van der Waals surface area contributed by atoms with E-state index < -0.39 is 10.0 Å². The first kappa shape index (κ1) is 14.2. The van der Waals surface area contributed by atoms with Gasteiger partial charge in [0.15, 0.2) is 0 Å². The first-order chi connectivity index (χ1) is 9.46. The van der Waals surface area contributed by atoms with Gasteiger partial charge in [-0.05, 0) is 36.4 Å².